The molecule has 0 saturated heterocycles. The van der Waals surface area contributed by atoms with E-state index in [1.54, 1.807) is 43.1 Å². The van der Waals surface area contributed by atoms with Gasteiger partial charge in [-0.15, -0.1) is 0 Å². The van der Waals surface area contributed by atoms with Crippen LogP contribution in [-0.2, 0) is 6.54 Å². The Balaban J connectivity index is 1.92. The molecule has 0 bridgehead atoms. The van der Waals surface area contributed by atoms with E-state index >= 15 is 0 Å². The third kappa shape index (κ3) is 5.17. The van der Waals surface area contributed by atoms with Gasteiger partial charge in [-0.25, -0.2) is 4.98 Å². The molecule has 3 aromatic rings. The van der Waals surface area contributed by atoms with Crippen LogP contribution < -0.4 is 30.0 Å². The molecule has 0 spiro atoms. The van der Waals surface area contributed by atoms with E-state index in [9.17, 15) is 14.7 Å². The lowest BCUT2D eigenvalue weighted by atomic mass is 10.1. The number of carbonyl (C=O) groups is 1. The molecule has 0 fully saturated rings. The maximum absolute atomic E-state index is 12.9. The van der Waals surface area contributed by atoms with Crippen LogP contribution >= 0.6 is 0 Å². The van der Waals surface area contributed by atoms with Gasteiger partial charge in [0.2, 0.25) is 11.7 Å². The Hall–Kier alpha value is -3.79. The number of ether oxygens (including phenoxy) is 3. The van der Waals surface area contributed by atoms with Gasteiger partial charge in [-0.2, -0.15) is 0 Å². The SMILES string of the molecule is COc1cc2nc(N(C)Cc3cccc(C(=O)NCC(C)O)c3)[nH]c(=O)c2c(OC)c1OC. The van der Waals surface area contributed by atoms with Gasteiger partial charge in [-0.3, -0.25) is 14.6 Å². The number of nitrogens with zero attached hydrogens (tertiary/aromatic N) is 2. The molecule has 2 aromatic carbocycles. The van der Waals surface area contributed by atoms with Gasteiger partial charge in [0.05, 0.1) is 33.0 Å². The molecule has 1 heterocycles. The Morgan fingerprint density at radius 2 is 1.91 bits per heavy atom. The molecule has 1 aromatic heterocycles. The molecule has 0 aliphatic heterocycles. The largest absolute Gasteiger partial charge is 0.493 e. The van der Waals surface area contributed by atoms with E-state index in [0.29, 0.717) is 35.1 Å². The number of methoxy groups -OCH3 is 3. The van der Waals surface area contributed by atoms with E-state index in [4.69, 9.17) is 14.2 Å². The number of aromatic amines is 1. The fraction of sp³-hybridized carbons (Fsp3) is 0.348. The third-order valence-corrected chi connectivity index (χ3v) is 5.02. The van der Waals surface area contributed by atoms with Crippen LogP contribution in [0, 0.1) is 0 Å². The number of benzene rings is 2. The first-order valence-electron chi connectivity index (χ1n) is 10.3. The lowest BCUT2D eigenvalue weighted by Crippen LogP contribution is -2.30. The number of anilines is 1. The second-order valence-corrected chi connectivity index (χ2v) is 7.54. The standard InChI is InChI=1S/C23H28N4O6/c1-13(28)11-24-21(29)15-8-6-7-14(9-15)12-27(2)23-25-16-10-17(31-3)19(32-4)20(33-5)18(16)22(30)26-23/h6-10,13,28H,11-12H2,1-5H3,(H,24,29)(H,25,26,30). The topological polar surface area (TPSA) is 126 Å². The van der Waals surface area contributed by atoms with Crippen molar-refractivity contribution in [2.75, 3.05) is 39.8 Å². The molecule has 3 rings (SSSR count). The van der Waals surface area contributed by atoms with Crippen molar-refractivity contribution in [3.63, 3.8) is 0 Å². The van der Waals surface area contributed by atoms with E-state index in [0.717, 1.165) is 5.56 Å². The summed E-state index contributed by atoms with van der Waals surface area (Å²) in [5.41, 5.74) is 1.32. The van der Waals surface area contributed by atoms with E-state index in [1.807, 2.05) is 6.07 Å². The maximum atomic E-state index is 12.9. The normalized spacial score (nSPS) is 11.7. The summed E-state index contributed by atoms with van der Waals surface area (Å²) in [5.74, 6) is 1.01. The van der Waals surface area contributed by atoms with Crippen LogP contribution in [0.1, 0.15) is 22.8 Å². The summed E-state index contributed by atoms with van der Waals surface area (Å²) < 4.78 is 16.1. The fourth-order valence-electron chi connectivity index (χ4n) is 3.44. The number of carbonyl (C=O) groups excluding carboxylic acids is 1. The monoisotopic (exact) mass is 456 g/mol. The molecule has 3 N–H and O–H groups in total. The Morgan fingerprint density at radius 3 is 2.55 bits per heavy atom. The molecule has 1 atom stereocenters. The fourth-order valence-corrected chi connectivity index (χ4v) is 3.44. The Labute approximate surface area is 191 Å². The van der Waals surface area contributed by atoms with Crippen molar-refractivity contribution in [2.24, 2.45) is 0 Å². The number of aliphatic hydroxyl groups is 1. The number of nitrogens with one attached hydrogen (secondary N) is 2. The molecule has 0 aliphatic rings. The van der Waals surface area contributed by atoms with Gasteiger partial charge < -0.3 is 29.5 Å². The zero-order chi connectivity index (χ0) is 24.1. The van der Waals surface area contributed by atoms with Crippen molar-refractivity contribution in [3.8, 4) is 17.2 Å². The van der Waals surface area contributed by atoms with Crippen LogP contribution in [0.15, 0.2) is 35.1 Å². The van der Waals surface area contributed by atoms with Crippen molar-refractivity contribution in [2.45, 2.75) is 19.6 Å². The first-order chi connectivity index (χ1) is 15.8. The zero-order valence-corrected chi connectivity index (χ0v) is 19.3. The highest BCUT2D eigenvalue weighted by Crippen LogP contribution is 2.41. The Morgan fingerprint density at radius 1 is 1.18 bits per heavy atom. The number of aromatic nitrogens is 2. The summed E-state index contributed by atoms with van der Waals surface area (Å²) in [6.07, 6.45) is -0.628. The Kier molecular flexibility index (Phi) is 7.39. The molecule has 33 heavy (non-hydrogen) atoms. The number of rotatable bonds is 9. The number of aliphatic hydroxyl groups excluding tert-OH is 1. The number of H-pyrrole nitrogens is 1. The second-order valence-electron chi connectivity index (χ2n) is 7.54. The number of fused-ring (bicyclic) bond motifs is 1. The molecule has 0 radical (unpaired) electrons. The van der Waals surface area contributed by atoms with Gasteiger partial charge >= 0.3 is 0 Å². The summed E-state index contributed by atoms with van der Waals surface area (Å²) in [4.78, 5) is 34.3. The van der Waals surface area contributed by atoms with Crippen molar-refractivity contribution in [1.29, 1.82) is 0 Å². The molecular weight excluding hydrogens is 428 g/mol. The van der Waals surface area contributed by atoms with Crippen molar-refractivity contribution < 1.29 is 24.1 Å². The highest BCUT2D eigenvalue weighted by atomic mass is 16.5. The lowest BCUT2D eigenvalue weighted by Gasteiger charge is -2.19. The number of amides is 1. The smallest absolute Gasteiger partial charge is 0.264 e. The quantitative estimate of drug-likeness (QED) is 0.444. The molecule has 176 valence electrons. The highest BCUT2D eigenvalue weighted by molar-refractivity contribution is 5.94. The summed E-state index contributed by atoms with van der Waals surface area (Å²) in [6, 6.07) is 8.72. The van der Waals surface area contributed by atoms with Crippen LogP contribution in [0.2, 0.25) is 0 Å². The average Bonchev–Trinajstić information content (AvgIpc) is 2.80. The van der Waals surface area contributed by atoms with Crippen LogP contribution in [0.5, 0.6) is 17.2 Å². The Bertz CT molecular complexity index is 1210. The predicted octanol–water partition coefficient (Wildman–Crippen LogP) is 1.70. The highest BCUT2D eigenvalue weighted by Gasteiger charge is 2.21. The predicted molar refractivity (Wildman–Crippen MR) is 125 cm³/mol. The number of hydrogen-bond acceptors (Lipinski definition) is 8. The summed E-state index contributed by atoms with van der Waals surface area (Å²) in [6.45, 7) is 2.16. The first kappa shape index (κ1) is 23.9. The van der Waals surface area contributed by atoms with Gasteiger partial charge in [0.25, 0.3) is 11.5 Å². The van der Waals surface area contributed by atoms with E-state index in [1.165, 1.54) is 21.3 Å². The minimum absolute atomic E-state index is 0.170. The van der Waals surface area contributed by atoms with E-state index in [-0.39, 0.29) is 29.1 Å². The van der Waals surface area contributed by atoms with Crippen molar-refractivity contribution in [1.82, 2.24) is 15.3 Å². The molecule has 1 amide bonds. The van der Waals surface area contributed by atoms with Crippen LogP contribution in [0.25, 0.3) is 10.9 Å². The zero-order valence-electron chi connectivity index (χ0n) is 19.3. The summed E-state index contributed by atoms with van der Waals surface area (Å²) in [7, 11) is 6.19. The van der Waals surface area contributed by atoms with Gasteiger partial charge in [-0.05, 0) is 24.6 Å². The molecule has 0 aliphatic carbocycles. The third-order valence-electron chi connectivity index (χ3n) is 5.02. The summed E-state index contributed by atoms with van der Waals surface area (Å²) >= 11 is 0. The van der Waals surface area contributed by atoms with Crippen LogP contribution in [0.3, 0.4) is 0 Å². The summed E-state index contributed by atoms with van der Waals surface area (Å²) in [5, 5.41) is 12.3. The number of hydrogen-bond donors (Lipinski definition) is 3. The van der Waals surface area contributed by atoms with Gasteiger partial charge in [0, 0.05) is 31.8 Å². The minimum atomic E-state index is -0.628. The second kappa shape index (κ2) is 10.2. The van der Waals surface area contributed by atoms with E-state index in [2.05, 4.69) is 15.3 Å². The molecule has 10 heteroatoms. The minimum Gasteiger partial charge on any atom is -0.493 e. The van der Waals surface area contributed by atoms with Crippen molar-refractivity contribution >= 4 is 22.8 Å². The first-order valence-corrected chi connectivity index (χ1v) is 10.3. The van der Waals surface area contributed by atoms with Crippen molar-refractivity contribution in [3.05, 3.63) is 51.8 Å². The molecule has 1 unspecified atom stereocenters. The average molecular weight is 456 g/mol. The van der Waals surface area contributed by atoms with Gasteiger partial charge in [0.15, 0.2) is 11.5 Å². The van der Waals surface area contributed by atoms with Gasteiger partial charge in [0.1, 0.15) is 5.39 Å². The van der Waals surface area contributed by atoms with Gasteiger partial charge in [-0.1, -0.05) is 12.1 Å². The molecular formula is C23H28N4O6. The molecule has 10 nitrogen and oxygen atoms in total. The maximum Gasteiger partial charge on any atom is 0.264 e. The van der Waals surface area contributed by atoms with Crippen LogP contribution in [0.4, 0.5) is 5.95 Å². The molecule has 0 saturated carbocycles. The van der Waals surface area contributed by atoms with Crippen LogP contribution in [-0.4, -0.2) is 62.0 Å². The lowest BCUT2D eigenvalue weighted by molar-refractivity contribution is 0.0924. The van der Waals surface area contributed by atoms with E-state index < -0.39 is 6.10 Å².